The summed E-state index contributed by atoms with van der Waals surface area (Å²) in [5, 5.41) is 11.8. The van der Waals surface area contributed by atoms with E-state index in [9.17, 15) is 14.7 Å². The summed E-state index contributed by atoms with van der Waals surface area (Å²) >= 11 is 0. The van der Waals surface area contributed by atoms with Crippen molar-refractivity contribution in [2.75, 3.05) is 0 Å². The summed E-state index contributed by atoms with van der Waals surface area (Å²) in [5.41, 5.74) is 1.09. The highest BCUT2D eigenvalue weighted by molar-refractivity contribution is 5.85. The molecule has 0 fully saturated rings. The van der Waals surface area contributed by atoms with Crippen LogP contribution in [0.2, 0.25) is 0 Å². The maximum atomic E-state index is 12.1. The highest BCUT2D eigenvalue weighted by Gasteiger charge is 2.32. The van der Waals surface area contributed by atoms with Crippen LogP contribution in [0.1, 0.15) is 20.8 Å². The summed E-state index contributed by atoms with van der Waals surface area (Å²) in [5.74, 6) is -1.38. The third kappa shape index (κ3) is 3.39. The van der Waals surface area contributed by atoms with Gasteiger partial charge in [-0.05, 0) is 17.5 Å². The van der Waals surface area contributed by atoms with Crippen molar-refractivity contribution in [1.29, 1.82) is 0 Å². The number of amides is 1. The van der Waals surface area contributed by atoms with Crippen molar-refractivity contribution < 1.29 is 14.7 Å². The van der Waals surface area contributed by atoms with Crippen molar-refractivity contribution in [2.45, 2.75) is 33.4 Å². The van der Waals surface area contributed by atoms with Crippen LogP contribution >= 0.6 is 0 Å². The van der Waals surface area contributed by atoms with Crippen molar-refractivity contribution in [3.63, 3.8) is 0 Å². The van der Waals surface area contributed by atoms with Gasteiger partial charge in [0.15, 0.2) is 0 Å². The minimum Gasteiger partial charge on any atom is -0.480 e. The number of carboxylic acid groups (broad SMARTS) is 1. The van der Waals surface area contributed by atoms with Crippen molar-refractivity contribution in [3.05, 3.63) is 30.6 Å². The summed E-state index contributed by atoms with van der Waals surface area (Å²) in [4.78, 5) is 27.6. The number of para-hydroxylation sites is 2. The second kappa shape index (κ2) is 5.55. The van der Waals surface area contributed by atoms with E-state index in [1.807, 2.05) is 24.3 Å². The Bertz CT molecular complexity index is 670. The lowest BCUT2D eigenvalue weighted by Crippen LogP contribution is -2.49. The van der Waals surface area contributed by atoms with Gasteiger partial charge in [-0.25, -0.2) is 9.78 Å². The average molecular weight is 289 g/mol. The summed E-state index contributed by atoms with van der Waals surface area (Å²) in [6.45, 7) is 5.37. The first kappa shape index (κ1) is 15.0. The number of hydrogen-bond donors (Lipinski definition) is 2. The van der Waals surface area contributed by atoms with E-state index < -0.39 is 17.4 Å². The Kier molecular flexibility index (Phi) is 3.97. The highest BCUT2D eigenvalue weighted by Crippen LogP contribution is 2.19. The van der Waals surface area contributed by atoms with Gasteiger partial charge in [0.05, 0.1) is 17.4 Å². The Morgan fingerprint density at radius 3 is 2.62 bits per heavy atom. The molecule has 21 heavy (non-hydrogen) atoms. The Balaban J connectivity index is 2.13. The van der Waals surface area contributed by atoms with E-state index in [0.717, 1.165) is 11.0 Å². The second-order valence-electron chi connectivity index (χ2n) is 6.07. The molecule has 6 heteroatoms. The Morgan fingerprint density at radius 2 is 2.00 bits per heavy atom. The molecule has 0 saturated carbocycles. The zero-order valence-corrected chi connectivity index (χ0v) is 12.3. The molecule has 2 rings (SSSR count). The fourth-order valence-corrected chi connectivity index (χ4v) is 2.15. The maximum absolute atomic E-state index is 12.1. The molecule has 1 heterocycles. The average Bonchev–Trinajstić information content (AvgIpc) is 2.78. The van der Waals surface area contributed by atoms with Crippen molar-refractivity contribution in [2.24, 2.45) is 5.41 Å². The number of aliphatic carboxylic acids is 1. The fraction of sp³-hybridized carbons (Fsp3) is 0.400. The Labute approximate surface area is 122 Å². The normalized spacial score (nSPS) is 13.1. The number of hydrogen-bond acceptors (Lipinski definition) is 3. The van der Waals surface area contributed by atoms with E-state index >= 15 is 0 Å². The number of imidazole rings is 1. The Hall–Kier alpha value is -2.37. The molecule has 1 amide bonds. The largest absolute Gasteiger partial charge is 0.480 e. The molecule has 0 aliphatic heterocycles. The van der Waals surface area contributed by atoms with Crippen molar-refractivity contribution in [1.82, 2.24) is 14.9 Å². The predicted molar refractivity (Wildman–Crippen MR) is 78.8 cm³/mol. The minimum absolute atomic E-state index is 0.0420. The van der Waals surface area contributed by atoms with Gasteiger partial charge in [0.1, 0.15) is 12.6 Å². The van der Waals surface area contributed by atoms with Gasteiger partial charge in [0, 0.05) is 0 Å². The molecule has 1 unspecified atom stereocenters. The fourth-order valence-electron chi connectivity index (χ4n) is 2.15. The maximum Gasteiger partial charge on any atom is 0.326 e. The number of carbonyl (C=O) groups excluding carboxylic acids is 1. The summed E-state index contributed by atoms with van der Waals surface area (Å²) < 4.78 is 1.70. The van der Waals surface area contributed by atoms with Gasteiger partial charge < -0.3 is 15.0 Å². The van der Waals surface area contributed by atoms with Crippen LogP contribution in [-0.4, -0.2) is 32.6 Å². The lowest BCUT2D eigenvalue weighted by Gasteiger charge is -2.27. The van der Waals surface area contributed by atoms with E-state index in [2.05, 4.69) is 10.3 Å². The highest BCUT2D eigenvalue weighted by atomic mass is 16.4. The molecule has 0 radical (unpaired) electrons. The number of nitrogens with zero attached hydrogens (tertiary/aromatic N) is 2. The van der Waals surface area contributed by atoms with Crippen LogP contribution in [0.15, 0.2) is 30.6 Å². The molecular formula is C15H19N3O3. The number of aromatic nitrogens is 2. The van der Waals surface area contributed by atoms with Crippen LogP contribution in [-0.2, 0) is 16.1 Å². The molecule has 112 valence electrons. The molecule has 1 atom stereocenters. The standard InChI is InChI=1S/C15H19N3O3/c1-15(2,3)13(14(20)21)17-12(19)8-18-9-16-10-6-4-5-7-11(10)18/h4-7,9,13H,8H2,1-3H3,(H,17,19)(H,20,21). The third-order valence-corrected chi connectivity index (χ3v) is 3.26. The molecule has 1 aromatic heterocycles. The number of benzene rings is 1. The van der Waals surface area contributed by atoms with Gasteiger partial charge in [0.25, 0.3) is 0 Å². The van der Waals surface area contributed by atoms with E-state index in [1.165, 1.54) is 0 Å². The quantitative estimate of drug-likeness (QED) is 0.896. The van der Waals surface area contributed by atoms with Gasteiger partial charge in [-0.3, -0.25) is 4.79 Å². The minimum atomic E-state index is -1.04. The molecule has 1 aromatic carbocycles. The van der Waals surface area contributed by atoms with Crippen LogP contribution in [0.4, 0.5) is 0 Å². The zero-order valence-electron chi connectivity index (χ0n) is 12.3. The molecular weight excluding hydrogens is 270 g/mol. The lowest BCUT2D eigenvalue weighted by atomic mass is 9.87. The van der Waals surface area contributed by atoms with Crippen LogP contribution in [0.25, 0.3) is 11.0 Å². The van der Waals surface area contributed by atoms with Gasteiger partial charge in [0.2, 0.25) is 5.91 Å². The van der Waals surface area contributed by atoms with Crippen LogP contribution in [0.3, 0.4) is 0 Å². The Morgan fingerprint density at radius 1 is 1.33 bits per heavy atom. The summed E-state index contributed by atoms with van der Waals surface area (Å²) in [6, 6.07) is 6.54. The first-order chi connectivity index (χ1) is 9.79. The van der Waals surface area contributed by atoms with Gasteiger partial charge in [-0.15, -0.1) is 0 Å². The molecule has 2 aromatic rings. The first-order valence-electron chi connectivity index (χ1n) is 6.71. The van der Waals surface area contributed by atoms with E-state index in [-0.39, 0.29) is 12.5 Å². The molecule has 0 saturated heterocycles. The van der Waals surface area contributed by atoms with Crippen LogP contribution < -0.4 is 5.32 Å². The number of rotatable bonds is 4. The van der Waals surface area contributed by atoms with E-state index in [1.54, 1.807) is 31.7 Å². The van der Waals surface area contributed by atoms with Gasteiger partial charge in [-0.1, -0.05) is 32.9 Å². The summed E-state index contributed by atoms with van der Waals surface area (Å²) in [7, 11) is 0. The van der Waals surface area contributed by atoms with Crippen LogP contribution in [0.5, 0.6) is 0 Å². The molecule has 6 nitrogen and oxygen atoms in total. The SMILES string of the molecule is CC(C)(C)C(NC(=O)Cn1cnc2ccccc21)C(=O)O. The molecule has 0 aliphatic carbocycles. The molecule has 2 N–H and O–H groups in total. The monoisotopic (exact) mass is 289 g/mol. The number of carboxylic acids is 1. The van der Waals surface area contributed by atoms with Crippen molar-refractivity contribution >= 4 is 22.9 Å². The second-order valence-corrected chi connectivity index (χ2v) is 6.07. The van der Waals surface area contributed by atoms with Crippen molar-refractivity contribution in [3.8, 4) is 0 Å². The third-order valence-electron chi connectivity index (χ3n) is 3.26. The summed E-state index contributed by atoms with van der Waals surface area (Å²) in [6.07, 6.45) is 1.58. The number of nitrogens with one attached hydrogen (secondary N) is 1. The molecule has 0 aliphatic rings. The first-order valence-corrected chi connectivity index (χ1v) is 6.71. The number of carbonyl (C=O) groups is 2. The number of fused-ring (bicyclic) bond motifs is 1. The zero-order chi connectivity index (χ0) is 15.6. The lowest BCUT2D eigenvalue weighted by molar-refractivity contribution is -0.145. The van der Waals surface area contributed by atoms with Crippen LogP contribution in [0, 0.1) is 5.41 Å². The molecule has 0 bridgehead atoms. The van der Waals surface area contributed by atoms with E-state index in [4.69, 9.17) is 0 Å². The molecule has 0 spiro atoms. The topological polar surface area (TPSA) is 84.2 Å². The van der Waals surface area contributed by atoms with Gasteiger partial charge in [-0.2, -0.15) is 0 Å². The van der Waals surface area contributed by atoms with Gasteiger partial charge >= 0.3 is 5.97 Å². The smallest absolute Gasteiger partial charge is 0.326 e. The predicted octanol–water partition coefficient (Wildman–Crippen LogP) is 1.65. The van der Waals surface area contributed by atoms with E-state index in [0.29, 0.717) is 0 Å².